The quantitative estimate of drug-likeness (QED) is 0.0994. The molecule has 19 heteroatoms. The van der Waals surface area contributed by atoms with Crippen molar-refractivity contribution < 1.29 is 42.1 Å². The Bertz CT molecular complexity index is 2300. The van der Waals surface area contributed by atoms with Crippen molar-refractivity contribution in [1.29, 1.82) is 0 Å². The number of unbranched alkanes of at least 4 members (excludes halogenated alkanes) is 3. The topological polar surface area (TPSA) is 176 Å². The summed E-state index contributed by atoms with van der Waals surface area (Å²) in [5, 5.41) is 27.6. The Morgan fingerprint density at radius 3 is 2.32 bits per heavy atom. The van der Waals surface area contributed by atoms with Gasteiger partial charge in [-0.3, -0.25) is 14.4 Å². The summed E-state index contributed by atoms with van der Waals surface area (Å²) in [6.07, 6.45) is 0.685. The summed E-state index contributed by atoms with van der Waals surface area (Å²) in [7, 11) is 0. The maximum absolute atomic E-state index is 14.0. The molecule has 3 atom stereocenters. The van der Waals surface area contributed by atoms with E-state index in [1.807, 2.05) is 69.6 Å². The smallest absolute Gasteiger partial charge is 0.453 e. The number of benzene rings is 2. The Kier molecular flexibility index (Phi) is 15.8. The van der Waals surface area contributed by atoms with Gasteiger partial charge in [-0.05, 0) is 79.2 Å². The fourth-order valence-corrected chi connectivity index (χ4v) is 9.48. The molecule has 0 saturated carbocycles. The van der Waals surface area contributed by atoms with Crippen LogP contribution < -0.4 is 15.4 Å². The molecule has 7 rings (SSSR count). The number of hydrogen-bond acceptors (Lipinski definition) is 12. The molecule has 3 aliphatic heterocycles. The number of amidine groups is 1. The normalized spacial score (nSPS) is 18.5. The Labute approximate surface area is 387 Å². The molecule has 15 nitrogen and oxygen atoms in total. The Hall–Kier alpha value is -5.40. The second-order valence-electron chi connectivity index (χ2n) is 18.4. The van der Waals surface area contributed by atoms with Gasteiger partial charge in [0.1, 0.15) is 30.3 Å². The van der Waals surface area contributed by atoms with Crippen molar-refractivity contribution in [3.05, 3.63) is 82.5 Å². The van der Waals surface area contributed by atoms with Crippen molar-refractivity contribution in [3.8, 4) is 16.2 Å². The van der Waals surface area contributed by atoms with Gasteiger partial charge in [0.25, 0.3) is 5.82 Å². The molecule has 2 fully saturated rings. The maximum Gasteiger partial charge on any atom is 0.453 e. The number of aromatic nitrogens is 4. The van der Waals surface area contributed by atoms with Crippen LogP contribution in [-0.2, 0) is 38.3 Å². The number of piperidine rings is 1. The van der Waals surface area contributed by atoms with Gasteiger partial charge in [0.2, 0.25) is 17.7 Å². The molecule has 4 aromatic rings. The van der Waals surface area contributed by atoms with Crippen LogP contribution in [-0.4, -0.2) is 116 Å². The highest BCUT2D eigenvalue weighted by Crippen LogP contribution is 2.33. The lowest BCUT2D eigenvalue weighted by Crippen LogP contribution is -2.58. The molecule has 0 bridgehead atoms. The number of hydrogen-bond donors (Lipinski definition) is 3. The summed E-state index contributed by atoms with van der Waals surface area (Å²) in [5.74, 6) is -0.310. The van der Waals surface area contributed by atoms with E-state index in [1.54, 1.807) is 11.3 Å². The van der Waals surface area contributed by atoms with Gasteiger partial charge in [-0.2, -0.15) is 22.9 Å². The van der Waals surface area contributed by atoms with E-state index >= 15 is 0 Å². The van der Waals surface area contributed by atoms with Crippen molar-refractivity contribution in [1.82, 2.24) is 40.3 Å². The van der Waals surface area contributed by atoms with Crippen LogP contribution >= 0.6 is 11.3 Å². The lowest BCUT2D eigenvalue weighted by atomic mass is 9.85. The van der Waals surface area contributed by atoms with Crippen LogP contribution in [0.3, 0.4) is 0 Å². The second-order valence-corrected chi connectivity index (χ2v) is 19.2. The number of alkyl halides is 3. The average Bonchev–Trinajstić information content (AvgIpc) is 4.04. The van der Waals surface area contributed by atoms with E-state index < -0.39 is 47.4 Å². The summed E-state index contributed by atoms with van der Waals surface area (Å²) >= 11 is 1.57. The molecule has 2 aromatic heterocycles. The lowest BCUT2D eigenvalue weighted by Gasteiger charge is -2.35. The van der Waals surface area contributed by atoms with Gasteiger partial charge >= 0.3 is 6.18 Å². The van der Waals surface area contributed by atoms with E-state index in [1.165, 1.54) is 10.5 Å². The number of thiazole rings is 1. The molecule has 5 heterocycles. The second kappa shape index (κ2) is 21.5. The minimum Gasteiger partial charge on any atom is -0.494 e. The van der Waals surface area contributed by atoms with E-state index in [9.17, 15) is 32.7 Å². The first-order valence-electron chi connectivity index (χ1n) is 22.7. The molecule has 0 spiro atoms. The minimum absolute atomic E-state index is 0.00721. The third-order valence-corrected chi connectivity index (χ3v) is 13.3. The molecule has 3 unspecified atom stereocenters. The molecule has 2 saturated heterocycles. The molecule has 2 aromatic carbocycles. The highest BCUT2D eigenvalue weighted by Gasteiger charge is 2.45. The van der Waals surface area contributed by atoms with Crippen LogP contribution in [0.1, 0.15) is 107 Å². The van der Waals surface area contributed by atoms with Crippen molar-refractivity contribution >= 4 is 34.9 Å². The minimum atomic E-state index is -4.61. The number of nitrogens with zero attached hydrogens (tertiary/aromatic N) is 7. The highest BCUT2D eigenvalue weighted by molar-refractivity contribution is 7.13. The van der Waals surface area contributed by atoms with Crippen LogP contribution in [0.25, 0.3) is 10.4 Å². The van der Waals surface area contributed by atoms with Gasteiger partial charge in [-0.25, -0.2) is 4.98 Å². The van der Waals surface area contributed by atoms with Crippen molar-refractivity contribution in [2.45, 2.75) is 122 Å². The molecular formula is C47H60F3N9O6S. The highest BCUT2D eigenvalue weighted by atomic mass is 32.1. The zero-order valence-electron chi connectivity index (χ0n) is 38.0. The van der Waals surface area contributed by atoms with Gasteiger partial charge in [0.15, 0.2) is 5.82 Å². The number of carbonyl (C=O) groups excluding carboxylic acids is 3. The third-order valence-electron chi connectivity index (χ3n) is 12.4. The molecule has 0 aliphatic carbocycles. The number of likely N-dealkylation sites (tertiary alicyclic amines) is 2. The molecule has 356 valence electrons. The maximum atomic E-state index is 14.0. The number of fused-ring (bicyclic) bond motifs is 1. The van der Waals surface area contributed by atoms with Gasteiger partial charge in [-0.1, -0.05) is 63.6 Å². The number of amides is 3. The predicted octanol–water partition coefficient (Wildman–Crippen LogP) is 6.48. The molecule has 0 radical (unpaired) electrons. The average molecular weight is 936 g/mol. The third kappa shape index (κ3) is 12.3. The predicted molar refractivity (Wildman–Crippen MR) is 243 cm³/mol. The van der Waals surface area contributed by atoms with E-state index in [-0.39, 0.29) is 37.8 Å². The zero-order valence-corrected chi connectivity index (χ0v) is 38.8. The largest absolute Gasteiger partial charge is 0.494 e. The van der Waals surface area contributed by atoms with Gasteiger partial charge in [0.05, 0.1) is 28.8 Å². The summed E-state index contributed by atoms with van der Waals surface area (Å²) < 4.78 is 52.6. The molecule has 3 N–H and O–H groups in total. The number of carbonyl (C=O) groups is 3. The van der Waals surface area contributed by atoms with Crippen LogP contribution in [0.4, 0.5) is 13.2 Å². The van der Waals surface area contributed by atoms with E-state index in [0.29, 0.717) is 50.9 Å². The monoisotopic (exact) mass is 935 g/mol. The van der Waals surface area contributed by atoms with E-state index in [2.05, 4.69) is 47.9 Å². The molecule has 66 heavy (non-hydrogen) atoms. The first-order chi connectivity index (χ1) is 31.5. The Morgan fingerprint density at radius 2 is 1.65 bits per heavy atom. The summed E-state index contributed by atoms with van der Waals surface area (Å²) in [6, 6.07) is 14.2. The van der Waals surface area contributed by atoms with Gasteiger partial charge < -0.3 is 35.0 Å². The summed E-state index contributed by atoms with van der Waals surface area (Å²) in [4.78, 5) is 49.3. The number of halogens is 3. The number of ether oxygens (including phenoxy) is 2. The van der Waals surface area contributed by atoms with Gasteiger partial charge in [0, 0.05) is 52.0 Å². The van der Waals surface area contributed by atoms with Gasteiger partial charge in [-0.15, -0.1) is 21.5 Å². The van der Waals surface area contributed by atoms with Crippen LogP contribution in [0.5, 0.6) is 5.75 Å². The standard InChI is InChI=1S/C47H60F3N9O6S/c1-30-41(66-29-52-30)34-11-9-31(10-12-34)26-51-43(62)37-25-35(60)27-58(37)44(63)42(46(2,3)4)53-40(61)28-64-23-7-5-6-8-24-65-36-15-13-32(14-16-36)33-19-21-57(22-20-33)39-18-17-38-54-55-45(47(48,49)50)59(38)56-39/h9-16,29,33,35,37,42,60H,5-8,17-28H2,1-4H3,(H,51,62)(H,53,61). The molecular weight excluding hydrogens is 876 g/mol. The molecule has 3 amide bonds. The summed E-state index contributed by atoms with van der Waals surface area (Å²) in [5.41, 5.74) is 5.24. The fourth-order valence-electron chi connectivity index (χ4n) is 8.66. The number of β-amino-alcohol motifs (C(OH)–C–C–N with tert-alkyl or cyclic N) is 1. The first kappa shape index (κ1) is 48.5. The van der Waals surface area contributed by atoms with Crippen LogP contribution in [0, 0.1) is 12.3 Å². The SMILES string of the molecule is Cc1ncsc1-c1ccc(CNC(=O)C2CC(O)CN2C(=O)C(NC(=O)COCCCCCCOc2ccc(C3CCN(C4=Nn5c(nnc5C(F)(F)F)CC4)CC3)cc2)C(C)(C)C)cc1. The number of aryl methyl sites for hydroxylation is 2. The van der Waals surface area contributed by atoms with Crippen LogP contribution in [0.15, 0.2) is 59.1 Å². The van der Waals surface area contributed by atoms with E-state index in [0.717, 1.165) is 70.6 Å². The zero-order chi connectivity index (χ0) is 47.0. The van der Waals surface area contributed by atoms with Crippen molar-refractivity contribution in [3.63, 3.8) is 0 Å². The number of aliphatic hydroxyl groups is 1. The molecule has 3 aliphatic rings. The Morgan fingerprint density at radius 1 is 0.939 bits per heavy atom. The summed E-state index contributed by atoms with van der Waals surface area (Å²) in [6.45, 7) is 9.90. The van der Waals surface area contributed by atoms with Crippen molar-refractivity contribution in [2.24, 2.45) is 10.5 Å². The number of rotatable bonds is 17. The Balaban J connectivity index is 0.764. The first-order valence-corrected chi connectivity index (χ1v) is 23.6. The lowest BCUT2D eigenvalue weighted by molar-refractivity contribution is -0.147. The van der Waals surface area contributed by atoms with Crippen molar-refractivity contribution in [2.75, 3.05) is 39.5 Å². The van der Waals surface area contributed by atoms with Crippen LogP contribution in [0.2, 0.25) is 0 Å². The fraction of sp³-hybridized carbons (Fsp3) is 0.553. The number of aliphatic hydroxyl groups excluding tert-OH is 1. The van der Waals surface area contributed by atoms with E-state index in [4.69, 9.17) is 9.47 Å². The number of nitrogens with one attached hydrogen (secondary N) is 2.